The molecule has 0 rings (SSSR count). The molecule has 0 radical (unpaired) electrons. The van der Waals surface area contributed by atoms with E-state index in [-0.39, 0.29) is 0 Å². The Hall–Kier alpha value is -0.770. The van der Waals surface area contributed by atoms with Crippen LogP contribution in [0.5, 0.6) is 0 Å². The third-order valence-corrected chi connectivity index (χ3v) is 0.651. The minimum absolute atomic E-state index is 0.432. The van der Waals surface area contributed by atoms with E-state index in [1.54, 1.807) is 0 Å². The van der Waals surface area contributed by atoms with Crippen molar-refractivity contribution in [1.82, 2.24) is 0 Å². The first-order chi connectivity index (χ1) is 4.16. The summed E-state index contributed by atoms with van der Waals surface area (Å²) in [5.41, 5.74) is 0. The van der Waals surface area contributed by atoms with Crippen LogP contribution in [0.2, 0.25) is 0 Å². The summed E-state index contributed by atoms with van der Waals surface area (Å²) in [5.74, 6) is -1.33. The summed E-state index contributed by atoms with van der Waals surface area (Å²) in [5, 5.41) is 0. The summed E-state index contributed by atoms with van der Waals surface area (Å²) in [4.78, 5) is 20.1. The summed E-state index contributed by atoms with van der Waals surface area (Å²) in [6.07, 6.45) is 0. The Bertz CT molecular complexity index is 122. The normalized spacial score (nSPS) is 8.22. The van der Waals surface area contributed by atoms with E-state index in [1.165, 1.54) is 6.92 Å². The first kappa shape index (κ1) is 8.23. The minimum Gasteiger partial charge on any atom is -0.454 e. The molecule has 0 aliphatic carbocycles. The van der Waals surface area contributed by atoms with Gasteiger partial charge in [0.1, 0.15) is 11.9 Å². The molecule has 0 aromatic rings. The Kier molecular flexibility index (Phi) is 3.79. The Morgan fingerprint density at radius 1 is 1.56 bits per heavy atom. The molecule has 0 spiro atoms. The van der Waals surface area contributed by atoms with Crippen LogP contribution in [0.1, 0.15) is 6.92 Å². The van der Waals surface area contributed by atoms with Gasteiger partial charge in [-0.3, -0.25) is 4.79 Å². The van der Waals surface area contributed by atoms with Gasteiger partial charge in [-0.15, -0.1) is 0 Å². The van der Waals surface area contributed by atoms with Gasteiger partial charge < -0.3 is 9.03 Å². The zero-order chi connectivity index (χ0) is 7.28. The number of carbonyl (C=O) groups excluding carboxylic acids is 2. The Balaban J connectivity index is 3.28. The van der Waals surface area contributed by atoms with Gasteiger partial charge >= 0.3 is 11.9 Å². The van der Waals surface area contributed by atoms with Crippen LogP contribution in [-0.2, 0) is 18.6 Å². The van der Waals surface area contributed by atoms with Crippen molar-refractivity contribution < 1.29 is 18.6 Å². The fourth-order valence-electron chi connectivity index (χ4n) is 0.183. The molecule has 0 N–H and O–H groups in total. The molecule has 0 heterocycles. The highest BCUT2D eigenvalue weighted by molar-refractivity contribution is 6.13. The molecule has 5 heteroatoms. The standard InChI is InChI=1S/C4H5ClO4/c1-3(6)8-2-4(7)9-5/h2H2,1H3. The number of hydrogen-bond donors (Lipinski definition) is 0. The van der Waals surface area contributed by atoms with Gasteiger partial charge in [0, 0.05) is 6.92 Å². The van der Waals surface area contributed by atoms with Crippen LogP contribution in [-0.4, -0.2) is 18.5 Å². The van der Waals surface area contributed by atoms with E-state index in [0.717, 1.165) is 0 Å². The van der Waals surface area contributed by atoms with Crippen molar-refractivity contribution in [3.05, 3.63) is 0 Å². The molecular weight excluding hydrogens is 147 g/mol. The molecule has 0 aromatic carbocycles. The van der Waals surface area contributed by atoms with Crippen LogP contribution in [0, 0.1) is 0 Å². The average Bonchev–Trinajstić information content (AvgIpc) is 1.83. The molecule has 0 saturated heterocycles. The fourth-order valence-corrected chi connectivity index (χ4v) is 0.227. The molecule has 0 aromatic heterocycles. The second kappa shape index (κ2) is 4.14. The smallest absolute Gasteiger partial charge is 0.362 e. The summed E-state index contributed by atoms with van der Waals surface area (Å²) in [6.45, 7) is 0.750. The van der Waals surface area contributed by atoms with E-state index in [2.05, 4.69) is 20.9 Å². The van der Waals surface area contributed by atoms with E-state index >= 15 is 0 Å². The molecule has 0 unspecified atom stereocenters. The Morgan fingerprint density at radius 2 is 2.11 bits per heavy atom. The minimum atomic E-state index is -0.785. The maximum absolute atomic E-state index is 10.1. The van der Waals surface area contributed by atoms with E-state index in [0.29, 0.717) is 0 Å². The van der Waals surface area contributed by atoms with Crippen LogP contribution in [0.25, 0.3) is 0 Å². The van der Waals surface area contributed by atoms with Crippen LogP contribution in [0.3, 0.4) is 0 Å². The summed E-state index contributed by atoms with van der Waals surface area (Å²) >= 11 is 4.59. The highest BCUT2D eigenvalue weighted by Crippen LogP contribution is 1.84. The van der Waals surface area contributed by atoms with Gasteiger partial charge in [-0.25, -0.2) is 4.79 Å². The quantitative estimate of drug-likeness (QED) is 0.532. The van der Waals surface area contributed by atoms with E-state index in [9.17, 15) is 9.59 Å². The summed E-state index contributed by atoms with van der Waals surface area (Å²) < 4.78 is 7.85. The molecule has 4 nitrogen and oxygen atoms in total. The van der Waals surface area contributed by atoms with Gasteiger partial charge in [-0.05, 0) is 0 Å². The average molecular weight is 153 g/mol. The van der Waals surface area contributed by atoms with Gasteiger partial charge in [-0.2, -0.15) is 0 Å². The molecule has 0 saturated carbocycles. The third-order valence-electron chi connectivity index (χ3n) is 0.479. The van der Waals surface area contributed by atoms with Gasteiger partial charge in [0.15, 0.2) is 6.61 Å². The molecule has 0 amide bonds. The SMILES string of the molecule is CC(=O)OCC(=O)OCl. The zero-order valence-electron chi connectivity index (χ0n) is 4.72. The van der Waals surface area contributed by atoms with Crippen molar-refractivity contribution in [3.63, 3.8) is 0 Å². The predicted molar refractivity (Wildman–Crippen MR) is 28.6 cm³/mol. The molecule has 0 aliphatic heterocycles. The van der Waals surface area contributed by atoms with Crippen molar-refractivity contribution in [1.29, 1.82) is 0 Å². The van der Waals surface area contributed by atoms with E-state index < -0.39 is 18.5 Å². The maximum atomic E-state index is 10.1. The second-order valence-corrected chi connectivity index (χ2v) is 1.38. The summed E-state index contributed by atoms with van der Waals surface area (Å²) in [6, 6.07) is 0. The Morgan fingerprint density at radius 3 is 2.44 bits per heavy atom. The van der Waals surface area contributed by atoms with Crippen LogP contribution in [0.4, 0.5) is 0 Å². The van der Waals surface area contributed by atoms with E-state index in [1.807, 2.05) is 0 Å². The highest BCUT2D eigenvalue weighted by atomic mass is 35.5. The fraction of sp³-hybridized carbons (Fsp3) is 0.500. The zero-order valence-corrected chi connectivity index (χ0v) is 5.47. The lowest BCUT2D eigenvalue weighted by Crippen LogP contribution is -2.10. The van der Waals surface area contributed by atoms with Gasteiger partial charge in [-0.1, -0.05) is 0 Å². The first-order valence-electron chi connectivity index (χ1n) is 2.11. The molecule has 0 fully saturated rings. The molecule has 0 bridgehead atoms. The number of rotatable bonds is 2. The van der Waals surface area contributed by atoms with Crippen LogP contribution >= 0.6 is 11.9 Å². The lowest BCUT2D eigenvalue weighted by atomic mass is 10.7. The largest absolute Gasteiger partial charge is 0.454 e. The maximum Gasteiger partial charge on any atom is 0.362 e. The van der Waals surface area contributed by atoms with Gasteiger partial charge in [0.05, 0.1) is 0 Å². The van der Waals surface area contributed by atoms with Crippen molar-refractivity contribution in [2.24, 2.45) is 0 Å². The molecule has 0 aliphatic rings. The highest BCUT2D eigenvalue weighted by Gasteiger charge is 2.02. The third kappa shape index (κ3) is 5.10. The number of hydrogen-bond acceptors (Lipinski definition) is 4. The molecular formula is C4H5ClO4. The van der Waals surface area contributed by atoms with Crippen LogP contribution < -0.4 is 0 Å². The topological polar surface area (TPSA) is 52.6 Å². The molecule has 0 atom stereocenters. The van der Waals surface area contributed by atoms with Gasteiger partial charge in [0.2, 0.25) is 0 Å². The van der Waals surface area contributed by atoms with Crippen molar-refractivity contribution in [2.75, 3.05) is 6.61 Å². The number of carbonyl (C=O) groups is 2. The van der Waals surface area contributed by atoms with Crippen molar-refractivity contribution in [3.8, 4) is 0 Å². The summed E-state index contributed by atoms with van der Waals surface area (Å²) in [7, 11) is 0. The predicted octanol–water partition coefficient (Wildman–Crippen LogP) is 0.246. The number of halogens is 1. The van der Waals surface area contributed by atoms with Crippen molar-refractivity contribution in [2.45, 2.75) is 6.92 Å². The number of esters is 1. The molecule has 52 valence electrons. The first-order valence-corrected chi connectivity index (χ1v) is 2.42. The number of ether oxygens (including phenoxy) is 1. The lowest BCUT2D eigenvalue weighted by molar-refractivity contribution is -0.151. The monoisotopic (exact) mass is 152 g/mol. The Labute approximate surface area is 56.9 Å². The molecule has 9 heavy (non-hydrogen) atoms. The van der Waals surface area contributed by atoms with E-state index in [4.69, 9.17) is 0 Å². The van der Waals surface area contributed by atoms with Crippen molar-refractivity contribution >= 4 is 23.8 Å². The lowest BCUT2D eigenvalue weighted by Gasteiger charge is -1.95. The second-order valence-electron chi connectivity index (χ2n) is 1.23. The van der Waals surface area contributed by atoms with Gasteiger partial charge in [0.25, 0.3) is 0 Å². The van der Waals surface area contributed by atoms with Crippen LogP contribution in [0.15, 0.2) is 0 Å².